The molecule has 108 valence electrons. The SMILES string of the molecule is CS(=O)(=O)c1cc(C(=O)OC2CCOC2=O)ccc1Cl. The van der Waals surface area contributed by atoms with Crippen LogP contribution in [0.25, 0.3) is 0 Å². The van der Waals surface area contributed by atoms with Gasteiger partial charge in [-0.25, -0.2) is 18.0 Å². The van der Waals surface area contributed by atoms with E-state index in [2.05, 4.69) is 4.74 Å². The van der Waals surface area contributed by atoms with Crippen LogP contribution in [0.3, 0.4) is 0 Å². The number of sulfone groups is 1. The molecule has 0 N–H and O–H groups in total. The second-order valence-electron chi connectivity index (χ2n) is 4.27. The van der Waals surface area contributed by atoms with E-state index >= 15 is 0 Å². The third-order valence-corrected chi connectivity index (χ3v) is 4.28. The maximum absolute atomic E-state index is 11.9. The molecule has 1 atom stereocenters. The second kappa shape index (κ2) is 5.41. The van der Waals surface area contributed by atoms with E-state index < -0.39 is 27.9 Å². The Hall–Kier alpha value is -1.60. The molecule has 0 bridgehead atoms. The van der Waals surface area contributed by atoms with Crippen LogP contribution in [0, 0.1) is 0 Å². The highest BCUT2D eigenvalue weighted by Gasteiger charge is 2.30. The zero-order valence-electron chi connectivity index (χ0n) is 10.5. The largest absolute Gasteiger partial charge is 0.463 e. The van der Waals surface area contributed by atoms with Gasteiger partial charge in [0.15, 0.2) is 9.84 Å². The molecule has 8 heteroatoms. The molecule has 0 saturated carbocycles. The minimum Gasteiger partial charge on any atom is -0.463 e. The average molecular weight is 319 g/mol. The molecule has 0 radical (unpaired) electrons. The van der Waals surface area contributed by atoms with E-state index in [0.29, 0.717) is 0 Å². The van der Waals surface area contributed by atoms with Crippen LogP contribution in [-0.4, -0.2) is 39.3 Å². The lowest BCUT2D eigenvalue weighted by Gasteiger charge is -2.09. The second-order valence-corrected chi connectivity index (χ2v) is 6.66. The molecule has 6 nitrogen and oxygen atoms in total. The highest BCUT2D eigenvalue weighted by atomic mass is 35.5. The number of cyclic esters (lactones) is 1. The highest BCUT2D eigenvalue weighted by molar-refractivity contribution is 7.90. The molecule has 1 aromatic carbocycles. The molecule has 1 aromatic rings. The summed E-state index contributed by atoms with van der Waals surface area (Å²) in [5.41, 5.74) is 0.00882. The number of esters is 2. The lowest BCUT2D eigenvalue weighted by Crippen LogP contribution is -2.22. The van der Waals surface area contributed by atoms with E-state index in [4.69, 9.17) is 16.3 Å². The van der Waals surface area contributed by atoms with Crippen LogP contribution in [-0.2, 0) is 24.1 Å². The van der Waals surface area contributed by atoms with Crippen LogP contribution in [0.2, 0.25) is 5.02 Å². The van der Waals surface area contributed by atoms with Gasteiger partial charge in [-0.1, -0.05) is 11.6 Å². The fourth-order valence-electron chi connectivity index (χ4n) is 1.70. The molecule has 1 saturated heterocycles. The van der Waals surface area contributed by atoms with Crippen LogP contribution in [0.1, 0.15) is 16.8 Å². The average Bonchev–Trinajstić information content (AvgIpc) is 2.74. The molecule has 1 aliphatic heterocycles. The normalized spacial score (nSPS) is 18.7. The van der Waals surface area contributed by atoms with Crippen molar-refractivity contribution in [2.45, 2.75) is 17.4 Å². The van der Waals surface area contributed by atoms with Crippen molar-refractivity contribution in [3.05, 3.63) is 28.8 Å². The Balaban J connectivity index is 2.25. The number of hydrogen-bond donors (Lipinski definition) is 0. The van der Waals surface area contributed by atoms with Crippen LogP contribution in [0.4, 0.5) is 0 Å². The fourth-order valence-corrected chi connectivity index (χ4v) is 3.00. The molecular weight excluding hydrogens is 308 g/mol. The summed E-state index contributed by atoms with van der Waals surface area (Å²) < 4.78 is 32.7. The molecule has 2 rings (SSSR count). The lowest BCUT2D eigenvalue weighted by molar-refractivity contribution is -0.145. The number of benzene rings is 1. The van der Waals surface area contributed by atoms with Crippen LogP contribution in [0.5, 0.6) is 0 Å². The topological polar surface area (TPSA) is 86.7 Å². The highest BCUT2D eigenvalue weighted by Crippen LogP contribution is 2.23. The van der Waals surface area contributed by atoms with Gasteiger partial charge in [-0.3, -0.25) is 0 Å². The van der Waals surface area contributed by atoms with Crippen molar-refractivity contribution in [1.29, 1.82) is 0 Å². The monoisotopic (exact) mass is 318 g/mol. The Bertz CT molecular complexity index is 667. The van der Waals surface area contributed by atoms with Gasteiger partial charge in [-0.15, -0.1) is 0 Å². The number of rotatable bonds is 3. The van der Waals surface area contributed by atoms with Crippen molar-refractivity contribution in [2.24, 2.45) is 0 Å². The van der Waals surface area contributed by atoms with Crippen molar-refractivity contribution < 1.29 is 27.5 Å². The molecule has 1 unspecified atom stereocenters. The summed E-state index contributed by atoms with van der Waals surface area (Å²) >= 11 is 5.77. The zero-order valence-corrected chi connectivity index (χ0v) is 12.0. The summed E-state index contributed by atoms with van der Waals surface area (Å²) in [7, 11) is -3.56. The maximum atomic E-state index is 11.9. The van der Waals surface area contributed by atoms with Gasteiger partial charge in [0.2, 0.25) is 6.10 Å². The third-order valence-electron chi connectivity index (χ3n) is 2.70. The predicted octanol–water partition coefficient (Wildman–Crippen LogP) is 1.22. The van der Waals surface area contributed by atoms with E-state index in [9.17, 15) is 18.0 Å². The first-order chi connectivity index (χ1) is 9.29. The number of hydrogen-bond acceptors (Lipinski definition) is 6. The zero-order chi connectivity index (χ0) is 14.9. The summed E-state index contributed by atoms with van der Waals surface area (Å²) in [6.45, 7) is 0.200. The minimum atomic E-state index is -3.56. The molecule has 0 amide bonds. The summed E-state index contributed by atoms with van der Waals surface area (Å²) in [5.74, 6) is -1.40. The first kappa shape index (κ1) is 14.8. The van der Waals surface area contributed by atoms with E-state index in [0.717, 1.165) is 12.3 Å². The molecule has 1 fully saturated rings. The van der Waals surface area contributed by atoms with Gasteiger partial charge in [0.25, 0.3) is 0 Å². The van der Waals surface area contributed by atoms with Crippen LogP contribution < -0.4 is 0 Å². The molecule has 20 heavy (non-hydrogen) atoms. The first-order valence-electron chi connectivity index (χ1n) is 5.66. The molecule has 1 heterocycles. The summed E-state index contributed by atoms with van der Waals surface area (Å²) in [6, 6.07) is 3.75. The minimum absolute atomic E-state index is 0.00882. The van der Waals surface area contributed by atoms with E-state index in [1.807, 2.05) is 0 Å². The number of ether oxygens (including phenoxy) is 2. The van der Waals surface area contributed by atoms with Gasteiger partial charge in [0.05, 0.1) is 22.1 Å². The molecule has 0 aliphatic carbocycles. The summed E-state index contributed by atoms with van der Waals surface area (Å²) in [4.78, 5) is 22.9. The summed E-state index contributed by atoms with van der Waals surface area (Å²) in [6.07, 6.45) is 0.328. The Kier molecular flexibility index (Phi) is 4.01. The van der Waals surface area contributed by atoms with Crippen LogP contribution >= 0.6 is 11.6 Å². The van der Waals surface area contributed by atoms with Gasteiger partial charge in [0.1, 0.15) is 0 Å². The number of halogens is 1. The first-order valence-corrected chi connectivity index (χ1v) is 7.93. The van der Waals surface area contributed by atoms with E-state index in [1.165, 1.54) is 12.1 Å². The molecule has 0 aromatic heterocycles. The van der Waals surface area contributed by atoms with Crippen molar-refractivity contribution in [3.8, 4) is 0 Å². The van der Waals surface area contributed by atoms with Gasteiger partial charge in [-0.05, 0) is 18.2 Å². The Morgan fingerprint density at radius 2 is 2.15 bits per heavy atom. The Morgan fingerprint density at radius 3 is 2.70 bits per heavy atom. The van der Waals surface area contributed by atoms with Gasteiger partial charge in [0, 0.05) is 12.7 Å². The standard InChI is InChI=1S/C12H11ClO6S/c1-20(16,17)10-6-7(2-3-8(10)13)11(14)19-9-4-5-18-12(9)15/h2-3,6,9H,4-5H2,1H3. The maximum Gasteiger partial charge on any atom is 0.347 e. The van der Waals surface area contributed by atoms with Gasteiger partial charge < -0.3 is 9.47 Å². The van der Waals surface area contributed by atoms with Crippen molar-refractivity contribution in [3.63, 3.8) is 0 Å². The van der Waals surface area contributed by atoms with Crippen molar-refractivity contribution >= 4 is 33.4 Å². The quantitative estimate of drug-likeness (QED) is 0.779. The molecule has 0 spiro atoms. The Labute approximate surface area is 120 Å². The number of carbonyl (C=O) groups excluding carboxylic acids is 2. The van der Waals surface area contributed by atoms with Gasteiger partial charge in [-0.2, -0.15) is 0 Å². The smallest absolute Gasteiger partial charge is 0.347 e. The predicted molar refractivity (Wildman–Crippen MR) is 69.3 cm³/mol. The van der Waals surface area contributed by atoms with Gasteiger partial charge >= 0.3 is 11.9 Å². The Morgan fingerprint density at radius 1 is 1.45 bits per heavy atom. The summed E-state index contributed by atoms with van der Waals surface area (Å²) in [5, 5.41) is 0.0179. The number of carbonyl (C=O) groups is 2. The van der Waals surface area contributed by atoms with Crippen molar-refractivity contribution in [1.82, 2.24) is 0 Å². The van der Waals surface area contributed by atoms with E-state index in [1.54, 1.807) is 0 Å². The lowest BCUT2D eigenvalue weighted by atomic mass is 10.2. The molecule has 1 aliphatic rings. The van der Waals surface area contributed by atoms with Crippen LogP contribution in [0.15, 0.2) is 23.1 Å². The third kappa shape index (κ3) is 3.10. The fraction of sp³-hybridized carbons (Fsp3) is 0.333. The van der Waals surface area contributed by atoms with E-state index in [-0.39, 0.29) is 28.5 Å². The van der Waals surface area contributed by atoms with Crippen molar-refractivity contribution in [2.75, 3.05) is 12.9 Å². The molecular formula is C12H11ClO6S.